The average Bonchev–Trinajstić information content (AvgIpc) is 3.08. The lowest BCUT2D eigenvalue weighted by Gasteiger charge is -2.18. The molecule has 1 atom stereocenters. The van der Waals surface area contributed by atoms with Gasteiger partial charge in [-0.2, -0.15) is 0 Å². The largest absolute Gasteiger partial charge is 0.325 e. The Morgan fingerprint density at radius 3 is 2.18 bits per heavy atom. The Kier molecular flexibility index (Phi) is 4.07. The van der Waals surface area contributed by atoms with Crippen LogP contribution in [0.2, 0.25) is 10.0 Å². The molecule has 2 aromatic rings. The van der Waals surface area contributed by atoms with Gasteiger partial charge in [-0.3, -0.25) is 4.79 Å². The van der Waals surface area contributed by atoms with Crippen molar-refractivity contribution in [2.75, 3.05) is 5.32 Å². The van der Waals surface area contributed by atoms with Crippen molar-refractivity contribution >= 4 is 58.0 Å². The summed E-state index contributed by atoms with van der Waals surface area (Å²) in [4.78, 5) is 12.8. The van der Waals surface area contributed by atoms with Crippen molar-refractivity contribution in [3.05, 3.63) is 64.1 Å². The first-order valence-electron chi connectivity index (χ1n) is 6.57. The summed E-state index contributed by atoms with van der Waals surface area (Å²) in [7, 11) is 0. The molecule has 1 saturated carbocycles. The number of hydrogen-bond donors (Lipinski definition) is 1. The van der Waals surface area contributed by atoms with E-state index in [0.717, 1.165) is 5.56 Å². The first-order valence-corrected chi connectivity index (χ1v) is 8.08. The van der Waals surface area contributed by atoms with E-state index in [9.17, 15) is 4.79 Å². The van der Waals surface area contributed by atoms with E-state index in [-0.39, 0.29) is 5.91 Å². The molecule has 0 aliphatic heterocycles. The van der Waals surface area contributed by atoms with Gasteiger partial charge in [0.2, 0.25) is 5.91 Å². The quantitative estimate of drug-likeness (QED) is 0.711. The summed E-state index contributed by atoms with van der Waals surface area (Å²) >= 11 is 24.4. The summed E-state index contributed by atoms with van der Waals surface area (Å²) in [6.07, 6.45) is 0.361. The average molecular weight is 375 g/mol. The molecule has 2 nitrogen and oxygen atoms in total. The van der Waals surface area contributed by atoms with Crippen LogP contribution in [0.25, 0.3) is 0 Å². The third-order valence-corrected chi connectivity index (χ3v) is 5.47. The number of carbonyl (C=O) groups excluding carboxylic acids is 1. The lowest BCUT2D eigenvalue weighted by molar-refractivity contribution is -0.118. The fourth-order valence-electron chi connectivity index (χ4n) is 2.51. The number of rotatable bonds is 3. The molecule has 1 amide bonds. The third kappa shape index (κ3) is 2.59. The van der Waals surface area contributed by atoms with E-state index in [1.165, 1.54) is 0 Å². The minimum atomic E-state index is -1.12. The maximum Gasteiger partial charge on any atom is 0.238 e. The molecular formula is C16H11Cl4NO. The molecule has 2 aromatic carbocycles. The molecule has 0 saturated heterocycles. The van der Waals surface area contributed by atoms with Crippen molar-refractivity contribution in [1.29, 1.82) is 0 Å². The second-order valence-electron chi connectivity index (χ2n) is 5.24. The number of carbonyl (C=O) groups is 1. The van der Waals surface area contributed by atoms with E-state index >= 15 is 0 Å². The molecule has 6 heteroatoms. The summed E-state index contributed by atoms with van der Waals surface area (Å²) < 4.78 is -1.12. The maximum absolute atomic E-state index is 12.8. The third-order valence-electron chi connectivity index (χ3n) is 3.82. The first-order chi connectivity index (χ1) is 10.4. The van der Waals surface area contributed by atoms with Crippen LogP contribution in [0.15, 0.2) is 48.5 Å². The van der Waals surface area contributed by atoms with Gasteiger partial charge < -0.3 is 5.32 Å². The molecule has 0 spiro atoms. The van der Waals surface area contributed by atoms with Crippen molar-refractivity contribution in [2.45, 2.75) is 16.2 Å². The summed E-state index contributed by atoms with van der Waals surface area (Å²) in [5, 5.41) is 3.61. The first kappa shape index (κ1) is 15.9. The smallest absolute Gasteiger partial charge is 0.238 e. The van der Waals surface area contributed by atoms with Crippen LogP contribution in [0.3, 0.4) is 0 Å². The number of nitrogens with one attached hydrogen (secondary N) is 1. The van der Waals surface area contributed by atoms with Gasteiger partial charge in [-0.1, -0.05) is 53.5 Å². The lowest BCUT2D eigenvalue weighted by atomic mass is 9.94. The summed E-state index contributed by atoms with van der Waals surface area (Å²) in [5.74, 6) is -0.262. The zero-order chi connectivity index (χ0) is 16.0. The van der Waals surface area contributed by atoms with Crippen molar-refractivity contribution in [3.63, 3.8) is 0 Å². The molecule has 1 aliphatic rings. The van der Waals surface area contributed by atoms with E-state index in [2.05, 4.69) is 5.32 Å². The Morgan fingerprint density at radius 1 is 1.00 bits per heavy atom. The van der Waals surface area contributed by atoms with Crippen LogP contribution in [0.5, 0.6) is 0 Å². The van der Waals surface area contributed by atoms with Gasteiger partial charge in [-0.05, 0) is 23.8 Å². The summed E-state index contributed by atoms with van der Waals surface area (Å²) in [5.41, 5.74) is 0.382. The van der Waals surface area contributed by atoms with Crippen LogP contribution >= 0.6 is 46.4 Å². The summed E-state index contributed by atoms with van der Waals surface area (Å²) in [6, 6.07) is 14.2. The van der Waals surface area contributed by atoms with Gasteiger partial charge in [0.1, 0.15) is 9.75 Å². The second-order valence-corrected chi connectivity index (χ2v) is 7.53. The van der Waals surface area contributed by atoms with E-state index in [0.29, 0.717) is 22.2 Å². The fraction of sp³-hybridized carbons (Fsp3) is 0.188. The van der Waals surface area contributed by atoms with Crippen LogP contribution in [0.4, 0.5) is 5.69 Å². The zero-order valence-electron chi connectivity index (χ0n) is 11.2. The van der Waals surface area contributed by atoms with E-state index in [1.807, 2.05) is 30.3 Å². The molecule has 0 unspecified atom stereocenters. The molecule has 114 valence electrons. The Morgan fingerprint density at radius 2 is 1.64 bits per heavy atom. The molecule has 1 aliphatic carbocycles. The summed E-state index contributed by atoms with van der Waals surface area (Å²) in [6.45, 7) is 0. The van der Waals surface area contributed by atoms with Gasteiger partial charge >= 0.3 is 0 Å². The minimum Gasteiger partial charge on any atom is -0.325 e. The van der Waals surface area contributed by atoms with Crippen molar-refractivity contribution in [1.82, 2.24) is 0 Å². The van der Waals surface area contributed by atoms with Crippen LogP contribution in [0.1, 0.15) is 12.0 Å². The monoisotopic (exact) mass is 373 g/mol. The zero-order valence-corrected chi connectivity index (χ0v) is 14.3. The van der Waals surface area contributed by atoms with Crippen molar-refractivity contribution in [3.8, 4) is 0 Å². The van der Waals surface area contributed by atoms with Crippen LogP contribution in [-0.2, 0) is 10.2 Å². The van der Waals surface area contributed by atoms with Gasteiger partial charge in [0, 0.05) is 12.1 Å². The molecule has 22 heavy (non-hydrogen) atoms. The molecule has 0 bridgehead atoms. The lowest BCUT2D eigenvalue weighted by Crippen LogP contribution is -2.32. The normalized spacial score (nSPS) is 22.2. The fourth-order valence-corrected chi connectivity index (χ4v) is 3.60. The van der Waals surface area contributed by atoms with E-state index < -0.39 is 9.75 Å². The predicted molar refractivity (Wildman–Crippen MR) is 92.3 cm³/mol. The van der Waals surface area contributed by atoms with Crippen molar-refractivity contribution < 1.29 is 4.79 Å². The number of alkyl halides is 2. The topological polar surface area (TPSA) is 29.1 Å². The minimum absolute atomic E-state index is 0.262. The van der Waals surface area contributed by atoms with Crippen LogP contribution in [0, 0.1) is 0 Å². The highest BCUT2D eigenvalue weighted by atomic mass is 35.5. The number of hydrogen-bond acceptors (Lipinski definition) is 1. The van der Waals surface area contributed by atoms with Gasteiger partial charge in [0.05, 0.1) is 10.0 Å². The van der Waals surface area contributed by atoms with Gasteiger partial charge in [-0.25, -0.2) is 0 Å². The van der Waals surface area contributed by atoms with Crippen molar-refractivity contribution in [2.24, 2.45) is 0 Å². The van der Waals surface area contributed by atoms with Crippen LogP contribution < -0.4 is 5.32 Å². The SMILES string of the molecule is O=C(Nc1ccc(Cl)c(Cl)c1)[C@@]1(c2ccccc2)CC1(Cl)Cl. The Bertz CT molecular complexity index is 732. The highest BCUT2D eigenvalue weighted by Gasteiger charge is 2.72. The molecular weight excluding hydrogens is 364 g/mol. The Balaban J connectivity index is 1.91. The molecule has 3 rings (SSSR count). The highest BCUT2D eigenvalue weighted by molar-refractivity contribution is 6.54. The number of anilines is 1. The van der Waals surface area contributed by atoms with Gasteiger partial charge in [-0.15, -0.1) is 23.2 Å². The molecule has 0 aromatic heterocycles. The maximum atomic E-state index is 12.8. The Labute approximate surface area is 148 Å². The highest BCUT2D eigenvalue weighted by Crippen LogP contribution is 2.65. The molecule has 1 N–H and O–H groups in total. The second kappa shape index (κ2) is 5.61. The van der Waals surface area contributed by atoms with Gasteiger partial charge in [0.15, 0.2) is 0 Å². The number of halogens is 4. The van der Waals surface area contributed by atoms with Gasteiger partial charge in [0.25, 0.3) is 0 Å². The standard InChI is InChI=1S/C16H11Cl4NO/c17-12-7-6-11(8-13(12)18)21-14(22)15(9-16(15,19)20)10-4-2-1-3-5-10/h1-8H,9H2,(H,21,22)/t15-/m0/s1. The number of benzene rings is 2. The molecule has 0 radical (unpaired) electrons. The van der Waals surface area contributed by atoms with E-state index in [4.69, 9.17) is 46.4 Å². The Hall–Kier alpha value is -0.930. The van der Waals surface area contributed by atoms with Crippen LogP contribution in [-0.4, -0.2) is 10.2 Å². The molecule has 1 fully saturated rings. The molecule has 0 heterocycles. The predicted octanol–water partition coefficient (Wildman–Crippen LogP) is 5.45. The van der Waals surface area contributed by atoms with E-state index in [1.54, 1.807) is 18.2 Å². The number of amides is 1.